The van der Waals surface area contributed by atoms with Crippen molar-refractivity contribution in [3.63, 3.8) is 0 Å². The molecule has 0 fully saturated rings. The molecular formula is C12H16O3. The van der Waals surface area contributed by atoms with Gasteiger partial charge in [0.1, 0.15) is 0 Å². The van der Waals surface area contributed by atoms with Crippen molar-refractivity contribution < 1.29 is 14.6 Å². The highest BCUT2D eigenvalue weighted by molar-refractivity contribution is 5.72. The zero-order chi connectivity index (χ0) is 11.4. The van der Waals surface area contributed by atoms with Crippen LogP contribution in [0.1, 0.15) is 16.7 Å². The minimum Gasteiger partial charge on any atom is -0.479 e. The van der Waals surface area contributed by atoms with Gasteiger partial charge in [-0.05, 0) is 25.0 Å². The summed E-state index contributed by atoms with van der Waals surface area (Å²) in [4.78, 5) is 10.8. The number of hydrogen-bond acceptors (Lipinski definition) is 2. The molecule has 1 atom stereocenters. The number of hydrogen-bond donors (Lipinski definition) is 1. The molecule has 0 heterocycles. The van der Waals surface area contributed by atoms with Gasteiger partial charge >= 0.3 is 5.97 Å². The fraction of sp³-hybridized carbons (Fsp3) is 0.417. The van der Waals surface area contributed by atoms with E-state index in [2.05, 4.69) is 0 Å². The molecule has 0 aromatic heterocycles. The summed E-state index contributed by atoms with van der Waals surface area (Å²) >= 11 is 0. The monoisotopic (exact) mass is 208 g/mol. The Morgan fingerprint density at radius 3 is 2.67 bits per heavy atom. The molecule has 1 rings (SSSR count). The molecule has 3 heteroatoms. The second-order valence-corrected chi connectivity index (χ2v) is 3.70. The number of carbonyl (C=O) groups is 1. The lowest BCUT2D eigenvalue weighted by molar-refractivity contribution is -0.148. The molecule has 0 saturated carbocycles. The van der Waals surface area contributed by atoms with Gasteiger partial charge in [-0.1, -0.05) is 23.8 Å². The molecule has 0 unspecified atom stereocenters. The molecule has 0 aliphatic carbocycles. The molecule has 15 heavy (non-hydrogen) atoms. The van der Waals surface area contributed by atoms with Crippen LogP contribution in [0.4, 0.5) is 0 Å². The SMILES string of the molecule is CO[C@@H](Cc1cc(C)ccc1C)C(=O)O. The lowest BCUT2D eigenvalue weighted by atomic mass is 10.0. The maximum Gasteiger partial charge on any atom is 0.333 e. The smallest absolute Gasteiger partial charge is 0.333 e. The van der Waals surface area contributed by atoms with Crippen LogP contribution >= 0.6 is 0 Å². The molecule has 1 aromatic rings. The third-order valence-corrected chi connectivity index (χ3v) is 2.47. The second-order valence-electron chi connectivity index (χ2n) is 3.70. The van der Waals surface area contributed by atoms with Gasteiger partial charge in [0, 0.05) is 13.5 Å². The Balaban J connectivity index is 2.87. The summed E-state index contributed by atoms with van der Waals surface area (Å²) in [5.41, 5.74) is 3.27. The molecule has 0 radical (unpaired) electrons. The molecule has 0 bridgehead atoms. The molecule has 0 aliphatic heterocycles. The average Bonchev–Trinajstić information content (AvgIpc) is 2.18. The van der Waals surface area contributed by atoms with Crippen molar-refractivity contribution in [1.29, 1.82) is 0 Å². The van der Waals surface area contributed by atoms with E-state index in [4.69, 9.17) is 9.84 Å². The number of aliphatic carboxylic acids is 1. The number of methoxy groups -OCH3 is 1. The van der Waals surface area contributed by atoms with Crippen molar-refractivity contribution in [1.82, 2.24) is 0 Å². The van der Waals surface area contributed by atoms with Crippen LogP contribution in [0.25, 0.3) is 0 Å². The van der Waals surface area contributed by atoms with Gasteiger partial charge in [0.2, 0.25) is 0 Å². The summed E-state index contributed by atoms with van der Waals surface area (Å²) in [5.74, 6) is -0.918. The normalized spacial score (nSPS) is 12.5. The van der Waals surface area contributed by atoms with Gasteiger partial charge in [0.05, 0.1) is 0 Å². The quantitative estimate of drug-likeness (QED) is 0.822. The highest BCUT2D eigenvalue weighted by Gasteiger charge is 2.17. The summed E-state index contributed by atoms with van der Waals surface area (Å²) in [6.07, 6.45) is -0.343. The van der Waals surface area contributed by atoms with Gasteiger partial charge in [0.25, 0.3) is 0 Å². The Labute approximate surface area is 89.7 Å². The largest absolute Gasteiger partial charge is 0.479 e. The summed E-state index contributed by atoms with van der Waals surface area (Å²) in [6, 6.07) is 6.02. The maximum absolute atomic E-state index is 10.8. The summed E-state index contributed by atoms with van der Waals surface area (Å²) in [6.45, 7) is 3.97. The molecule has 0 aliphatic rings. The van der Waals surface area contributed by atoms with E-state index in [-0.39, 0.29) is 0 Å². The van der Waals surface area contributed by atoms with E-state index in [0.29, 0.717) is 6.42 Å². The Morgan fingerprint density at radius 1 is 1.47 bits per heavy atom. The summed E-state index contributed by atoms with van der Waals surface area (Å²) in [7, 11) is 1.42. The molecule has 82 valence electrons. The van der Waals surface area contributed by atoms with Crippen LogP contribution in [-0.2, 0) is 16.0 Å². The molecular weight excluding hydrogens is 192 g/mol. The molecule has 0 saturated heterocycles. The first-order chi connectivity index (χ1) is 7.04. The van der Waals surface area contributed by atoms with E-state index in [1.807, 2.05) is 32.0 Å². The van der Waals surface area contributed by atoms with E-state index < -0.39 is 12.1 Å². The number of carboxylic acids is 1. The fourth-order valence-corrected chi connectivity index (χ4v) is 1.49. The van der Waals surface area contributed by atoms with Crippen molar-refractivity contribution >= 4 is 5.97 Å². The zero-order valence-electron chi connectivity index (χ0n) is 9.28. The minimum absolute atomic E-state index is 0.416. The van der Waals surface area contributed by atoms with Gasteiger partial charge in [-0.15, -0.1) is 0 Å². The molecule has 0 spiro atoms. The highest BCUT2D eigenvalue weighted by Crippen LogP contribution is 2.14. The third-order valence-electron chi connectivity index (χ3n) is 2.47. The number of carboxylic acid groups (broad SMARTS) is 1. The van der Waals surface area contributed by atoms with Crippen LogP contribution in [0.5, 0.6) is 0 Å². The Bertz CT molecular complexity index is 358. The predicted octanol–water partition coefficient (Wildman–Crippen LogP) is 1.95. The molecule has 1 aromatic carbocycles. The maximum atomic E-state index is 10.8. The molecule has 1 N–H and O–H groups in total. The zero-order valence-corrected chi connectivity index (χ0v) is 9.28. The van der Waals surface area contributed by atoms with Crippen molar-refractivity contribution in [3.05, 3.63) is 34.9 Å². The second kappa shape index (κ2) is 4.94. The lowest BCUT2D eigenvalue weighted by Gasteiger charge is -2.12. The molecule has 0 amide bonds. The van der Waals surface area contributed by atoms with Gasteiger partial charge in [-0.25, -0.2) is 4.79 Å². The number of benzene rings is 1. The third kappa shape index (κ3) is 3.06. The van der Waals surface area contributed by atoms with Crippen LogP contribution in [-0.4, -0.2) is 24.3 Å². The van der Waals surface area contributed by atoms with Gasteiger partial charge in [0.15, 0.2) is 6.10 Å². The Hall–Kier alpha value is -1.35. The summed E-state index contributed by atoms with van der Waals surface area (Å²) in [5, 5.41) is 8.87. The van der Waals surface area contributed by atoms with Crippen LogP contribution < -0.4 is 0 Å². The number of rotatable bonds is 4. The average molecular weight is 208 g/mol. The van der Waals surface area contributed by atoms with Crippen molar-refractivity contribution in [2.45, 2.75) is 26.4 Å². The van der Waals surface area contributed by atoms with Crippen molar-refractivity contribution in [3.8, 4) is 0 Å². The number of aryl methyl sites for hydroxylation is 2. The van der Waals surface area contributed by atoms with Crippen LogP contribution in [0.3, 0.4) is 0 Å². The van der Waals surface area contributed by atoms with E-state index in [9.17, 15) is 4.79 Å². The standard InChI is InChI=1S/C12H16O3/c1-8-4-5-9(2)10(6-8)7-11(15-3)12(13)14/h4-6,11H,7H2,1-3H3,(H,13,14)/t11-/m0/s1. The Morgan fingerprint density at radius 2 is 2.13 bits per heavy atom. The van der Waals surface area contributed by atoms with Gasteiger partial charge < -0.3 is 9.84 Å². The van der Waals surface area contributed by atoms with Crippen LogP contribution in [0.15, 0.2) is 18.2 Å². The van der Waals surface area contributed by atoms with Crippen LogP contribution in [0, 0.1) is 13.8 Å². The van der Waals surface area contributed by atoms with E-state index in [0.717, 1.165) is 16.7 Å². The van der Waals surface area contributed by atoms with Crippen molar-refractivity contribution in [2.24, 2.45) is 0 Å². The van der Waals surface area contributed by atoms with E-state index in [1.165, 1.54) is 7.11 Å². The van der Waals surface area contributed by atoms with Crippen LogP contribution in [0.2, 0.25) is 0 Å². The molecule has 3 nitrogen and oxygen atoms in total. The minimum atomic E-state index is -0.918. The lowest BCUT2D eigenvalue weighted by Crippen LogP contribution is -2.25. The van der Waals surface area contributed by atoms with Crippen molar-refractivity contribution in [2.75, 3.05) is 7.11 Å². The predicted molar refractivity (Wildman–Crippen MR) is 58.1 cm³/mol. The first-order valence-electron chi connectivity index (χ1n) is 4.86. The van der Waals surface area contributed by atoms with E-state index >= 15 is 0 Å². The highest BCUT2D eigenvalue weighted by atomic mass is 16.5. The topological polar surface area (TPSA) is 46.5 Å². The first kappa shape index (κ1) is 11.7. The Kier molecular flexibility index (Phi) is 3.86. The number of ether oxygens (including phenoxy) is 1. The van der Waals surface area contributed by atoms with E-state index in [1.54, 1.807) is 0 Å². The first-order valence-corrected chi connectivity index (χ1v) is 4.86. The van der Waals surface area contributed by atoms with Gasteiger partial charge in [-0.2, -0.15) is 0 Å². The van der Waals surface area contributed by atoms with Gasteiger partial charge in [-0.3, -0.25) is 0 Å². The summed E-state index contributed by atoms with van der Waals surface area (Å²) < 4.78 is 4.91. The fourth-order valence-electron chi connectivity index (χ4n) is 1.49.